The molecule has 1 aromatic heterocycles. The molecule has 1 N–H and O–H groups in total. The molecule has 0 unspecified atom stereocenters. The largest absolute Gasteiger partial charge is 0.493 e. The molecule has 5 heteroatoms. The SMILES string of the molecule is O=C(NCc1ccc2c(c1)CCCO2)c1ccc(Br)o1. The summed E-state index contributed by atoms with van der Waals surface area (Å²) >= 11 is 3.18. The van der Waals surface area contributed by atoms with Crippen molar-refractivity contribution in [1.82, 2.24) is 5.32 Å². The number of hydrogen-bond acceptors (Lipinski definition) is 3. The lowest BCUT2D eigenvalue weighted by Crippen LogP contribution is -2.22. The van der Waals surface area contributed by atoms with E-state index in [-0.39, 0.29) is 5.91 Å². The molecule has 0 atom stereocenters. The number of benzene rings is 1. The molecule has 0 bridgehead atoms. The van der Waals surface area contributed by atoms with Crippen molar-refractivity contribution in [1.29, 1.82) is 0 Å². The first kappa shape index (κ1) is 13.2. The Morgan fingerprint density at radius 1 is 1.30 bits per heavy atom. The number of amides is 1. The molecule has 2 heterocycles. The van der Waals surface area contributed by atoms with Crippen LogP contribution in [0.3, 0.4) is 0 Å². The van der Waals surface area contributed by atoms with Gasteiger partial charge in [-0.05, 0) is 58.1 Å². The normalized spacial score (nSPS) is 13.4. The minimum atomic E-state index is -0.218. The highest BCUT2D eigenvalue weighted by Crippen LogP contribution is 2.25. The number of carbonyl (C=O) groups excluding carboxylic acids is 1. The van der Waals surface area contributed by atoms with Gasteiger partial charge < -0.3 is 14.5 Å². The topological polar surface area (TPSA) is 51.5 Å². The van der Waals surface area contributed by atoms with Gasteiger partial charge in [-0.15, -0.1) is 0 Å². The van der Waals surface area contributed by atoms with Gasteiger partial charge >= 0.3 is 0 Å². The lowest BCUT2D eigenvalue weighted by atomic mass is 10.0. The van der Waals surface area contributed by atoms with Crippen molar-refractivity contribution in [2.45, 2.75) is 19.4 Å². The highest BCUT2D eigenvalue weighted by Gasteiger charge is 2.12. The summed E-state index contributed by atoms with van der Waals surface area (Å²) in [6.07, 6.45) is 2.07. The Morgan fingerprint density at radius 3 is 3.00 bits per heavy atom. The van der Waals surface area contributed by atoms with Crippen LogP contribution in [0.15, 0.2) is 39.4 Å². The third-order valence-corrected chi connectivity index (χ3v) is 3.65. The monoisotopic (exact) mass is 335 g/mol. The zero-order chi connectivity index (χ0) is 13.9. The van der Waals surface area contributed by atoms with Gasteiger partial charge in [-0.25, -0.2) is 0 Å². The van der Waals surface area contributed by atoms with Crippen molar-refractivity contribution >= 4 is 21.8 Å². The fourth-order valence-corrected chi connectivity index (χ4v) is 2.54. The molecule has 2 aromatic rings. The van der Waals surface area contributed by atoms with E-state index in [4.69, 9.17) is 9.15 Å². The number of aryl methyl sites for hydroxylation is 1. The van der Waals surface area contributed by atoms with Gasteiger partial charge in [-0.3, -0.25) is 4.79 Å². The molecule has 3 rings (SSSR count). The minimum absolute atomic E-state index is 0.218. The number of rotatable bonds is 3. The first-order valence-corrected chi connectivity index (χ1v) is 7.30. The summed E-state index contributed by atoms with van der Waals surface area (Å²) in [7, 11) is 0. The van der Waals surface area contributed by atoms with Crippen LogP contribution in [0.25, 0.3) is 0 Å². The second-order valence-electron chi connectivity index (χ2n) is 4.68. The number of halogens is 1. The number of ether oxygens (including phenoxy) is 1. The summed E-state index contributed by atoms with van der Waals surface area (Å²) in [5, 5.41) is 2.84. The van der Waals surface area contributed by atoms with Gasteiger partial charge in [-0.1, -0.05) is 12.1 Å². The third-order valence-electron chi connectivity index (χ3n) is 3.22. The number of furan rings is 1. The number of fused-ring (bicyclic) bond motifs is 1. The van der Waals surface area contributed by atoms with Crippen LogP contribution in [0.5, 0.6) is 5.75 Å². The molecule has 0 radical (unpaired) electrons. The molecule has 0 spiro atoms. The zero-order valence-electron chi connectivity index (χ0n) is 10.8. The number of hydrogen-bond donors (Lipinski definition) is 1. The predicted molar refractivity (Wildman–Crippen MR) is 77.8 cm³/mol. The zero-order valence-corrected chi connectivity index (χ0v) is 12.4. The Bertz CT molecular complexity index is 636. The molecular formula is C15H14BrNO3. The Morgan fingerprint density at radius 2 is 2.20 bits per heavy atom. The van der Waals surface area contributed by atoms with Crippen molar-refractivity contribution in [3.63, 3.8) is 0 Å². The molecule has 0 saturated carbocycles. The average molecular weight is 336 g/mol. The van der Waals surface area contributed by atoms with Crippen LogP contribution in [0.4, 0.5) is 0 Å². The highest BCUT2D eigenvalue weighted by atomic mass is 79.9. The summed E-state index contributed by atoms with van der Waals surface area (Å²) in [5.41, 5.74) is 2.27. The van der Waals surface area contributed by atoms with Crippen LogP contribution in [-0.4, -0.2) is 12.5 Å². The predicted octanol–water partition coefficient (Wildman–Crippen LogP) is 3.30. The molecule has 4 nitrogen and oxygen atoms in total. The Labute approximate surface area is 125 Å². The Hall–Kier alpha value is -1.75. The van der Waals surface area contributed by atoms with E-state index < -0.39 is 0 Å². The van der Waals surface area contributed by atoms with Crippen molar-refractivity contribution in [3.05, 3.63) is 51.9 Å². The first-order chi connectivity index (χ1) is 9.72. The molecule has 0 saturated heterocycles. The van der Waals surface area contributed by atoms with Crippen molar-refractivity contribution in [3.8, 4) is 5.75 Å². The van der Waals surface area contributed by atoms with Crippen molar-refractivity contribution in [2.75, 3.05) is 6.61 Å². The quantitative estimate of drug-likeness (QED) is 0.936. The highest BCUT2D eigenvalue weighted by molar-refractivity contribution is 9.10. The molecule has 0 fully saturated rings. The van der Waals surface area contributed by atoms with Gasteiger partial charge in [0.05, 0.1) is 6.61 Å². The lowest BCUT2D eigenvalue weighted by Gasteiger charge is -2.17. The maximum atomic E-state index is 11.9. The molecule has 104 valence electrons. The van der Waals surface area contributed by atoms with Crippen LogP contribution in [0.2, 0.25) is 0 Å². The molecule has 1 aromatic carbocycles. The van der Waals surface area contributed by atoms with Gasteiger partial charge in [0.15, 0.2) is 10.4 Å². The summed E-state index contributed by atoms with van der Waals surface area (Å²) in [4.78, 5) is 11.9. The van der Waals surface area contributed by atoms with E-state index >= 15 is 0 Å². The van der Waals surface area contributed by atoms with Crippen LogP contribution >= 0.6 is 15.9 Å². The Balaban J connectivity index is 1.65. The molecule has 1 aliphatic rings. The molecule has 0 aliphatic carbocycles. The summed E-state index contributed by atoms with van der Waals surface area (Å²) < 4.78 is 11.3. The maximum Gasteiger partial charge on any atom is 0.287 e. The van der Waals surface area contributed by atoms with E-state index in [2.05, 4.69) is 27.3 Å². The molecular weight excluding hydrogens is 322 g/mol. The summed E-state index contributed by atoms with van der Waals surface area (Å²) in [5.74, 6) is 1.05. The number of carbonyl (C=O) groups is 1. The second-order valence-corrected chi connectivity index (χ2v) is 5.46. The minimum Gasteiger partial charge on any atom is -0.493 e. The van der Waals surface area contributed by atoms with Gasteiger partial charge in [0.1, 0.15) is 5.75 Å². The average Bonchev–Trinajstić information content (AvgIpc) is 2.91. The van der Waals surface area contributed by atoms with Crippen molar-refractivity contribution < 1.29 is 13.9 Å². The summed E-state index contributed by atoms with van der Waals surface area (Å²) in [6.45, 7) is 1.26. The molecule has 20 heavy (non-hydrogen) atoms. The van der Waals surface area contributed by atoms with Gasteiger partial charge in [0.2, 0.25) is 0 Å². The van der Waals surface area contributed by atoms with E-state index in [1.807, 2.05) is 12.1 Å². The van der Waals surface area contributed by atoms with E-state index in [9.17, 15) is 4.79 Å². The molecule has 1 amide bonds. The van der Waals surface area contributed by atoms with Gasteiger partial charge in [-0.2, -0.15) is 0 Å². The molecule has 1 aliphatic heterocycles. The van der Waals surface area contributed by atoms with E-state index in [1.165, 1.54) is 5.56 Å². The second kappa shape index (κ2) is 5.71. The number of nitrogens with one attached hydrogen (secondary N) is 1. The van der Waals surface area contributed by atoms with Crippen LogP contribution < -0.4 is 10.1 Å². The summed E-state index contributed by atoms with van der Waals surface area (Å²) in [6, 6.07) is 9.38. The standard InChI is InChI=1S/C15H14BrNO3/c16-14-6-5-13(20-14)15(18)17-9-10-3-4-12-11(8-10)2-1-7-19-12/h3-6,8H,1-2,7,9H2,(H,17,18). The Kier molecular flexibility index (Phi) is 3.78. The van der Waals surface area contributed by atoms with E-state index in [0.717, 1.165) is 30.8 Å². The van der Waals surface area contributed by atoms with Crippen LogP contribution in [0, 0.1) is 0 Å². The fraction of sp³-hybridized carbons (Fsp3) is 0.267. The van der Waals surface area contributed by atoms with Gasteiger partial charge in [0.25, 0.3) is 5.91 Å². The van der Waals surface area contributed by atoms with Crippen molar-refractivity contribution in [2.24, 2.45) is 0 Å². The first-order valence-electron chi connectivity index (χ1n) is 6.50. The van der Waals surface area contributed by atoms with Crippen LogP contribution in [-0.2, 0) is 13.0 Å². The lowest BCUT2D eigenvalue weighted by molar-refractivity contribution is 0.0922. The third kappa shape index (κ3) is 2.88. The van der Waals surface area contributed by atoms with Crippen LogP contribution in [0.1, 0.15) is 28.1 Å². The van der Waals surface area contributed by atoms with E-state index in [1.54, 1.807) is 12.1 Å². The smallest absolute Gasteiger partial charge is 0.287 e. The van der Waals surface area contributed by atoms with Gasteiger partial charge in [0, 0.05) is 6.54 Å². The van der Waals surface area contributed by atoms with E-state index in [0.29, 0.717) is 17.0 Å². The fourth-order valence-electron chi connectivity index (χ4n) is 2.23. The maximum absolute atomic E-state index is 11.9.